The van der Waals surface area contributed by atoms with E-state index in [-0.39, 0.29) is 12.1 Å². The zero-order valence-corrected chi connectivity index (χ0v) is 19.2. The topological polar surface area (TPSA) is 48.1 Å². The Morgan fingerprint density at radius 3 is 2.57 bits per heavy atom. The molecule has 2 aromatic rings. The van der Waals surface area contributed by atoms with E-state index in [1.165, 1.54) is 10.4 Å². The molecule has 1 atom stereocenters. The van der Waals surface area contributed by atoms with Crippen LogP contribution in [0, 0.1) is 0 Å². The van der Waals surface area contributed by atoms with E-state index in [0.29, 0.717) is 6.54 Å². The highest BCUT2D eigenvalue weighted by Gasteiger charge is 2.24. The van der Waals surface area contributed by atoms with Crippen molar-refractivity contribution < 1.29 is 9.53 Å². The molecule has 1 N–H and O–H groups in total. The lowest BCUT2D eigenvalue weighted by atomic mass is 10.0. The van der Waals surface area contributed by atoms with Crippen LogP contribution in [0.25, 0.3) is 0 Å². The maximum Gasteiger partial charge on any atom is 0.317 e. The third-order valence-electron chi connectivity index (χ3n) is 5.80. The molecule has 164 valence electrons. The van der Waals surface area contributed by atoms with Crippen LogP contribution in [0.4, 0.5) is 4.79 Å². The van der Waals surface area contributed by atoms with Crippen molar-refractivity contribution in [1.29, 1.82) is 0 Å². The van der Waals surface area contributed by atoms with Crippen molar-refractivity contribution in [2.45, 2.75) is 26.4 Å². The number of thiophene rings is 1. The second kappa shape index (κ2) is 11.3. The number of methoxy groups -OCH3 is 1. The molecular weight excluding hydrogens is 396 g/mol. The molecule has 0 bridgehead atoms. The van der Waals surface area contributed by atoms with Crippen molar-refractivity contribution in [2.75, 3.05) is 52.9 Å². The van der Waals surface area contributed by atoms with Gasteiger partial charge in [0.2, 0.25) is 0 Å². The molecule has 2 heterocycles. The van der Waals surface area contributed by atoms with Gasteiger partial charge in [0.05, 0.1) is 13.2 Å². The number of hydrogen-bond acceptors (Lipinski definition) is 5. The summed E-state index contributed by atoms with van der Waals surface area (Å²) < 4.78 is 5.40. The number of nitrogens with zero attached hydrogens (tertiary/aromatic N) is 3. The molecule has 1 aliphatic heterocycles. The Balaban J connectivity index is 1.55. The summed E-state index contributed by atoms with van der Waals surface area (Å²) in [6, 6.07) is 12.6. The summed E-state index contributed by atoms with van der Waals surface area (Å²) in [6.45, 7) is 11.1. The third-order valence-corrected chi connectivity index (χ3v) is 6.66. The Labute approximate surface area is 184 Å². The predicted molar refractivity (Wildman–Crippen MR) is 123 cm³/mol. The SMILES string of the molecule is CCN(CC)[C@@H](CNC(=O)N1CCN(Cc2cccs2)CC1)c1cccc(OC)c1. The zero-order valence-electron chi connectivity index (χ0n) is 18.3. The zero-order chi connectivity index (χ0) is 21.3. The van der Waals surface area contributed by atoms with E-state index in [2.05, 4.69) is 58.6 Å². The number of nitrogens with one attached hydrogen (secondary N) is 1. The van der Waals surface area contributed by atoms with Gasteiger partial charge in [-0.15, -0.1) is 11.3 Å². The fourth-order valence-electron chi connectivity index (χ4n) is 4.00. The molecule has 0 spiro atoms. The van der Waals surface area contributed by atoms with Gasteiger partial charge in [0, 0.05) is 44.1 Å². The van der Waals surface area contributed by atoms with Crippen LogP contribution in [-0.4, -0.2) is 73.7 Å². The van der Waals surface area contributed by atoms with Crippen LogP contribution in [0.15, 0.2) is 41.8 Å². The van der Waals surface area contributed by atoms with Gasteiger partial charge < -0.3 is 15.0 Å². The summed E-state index contributed by atoms with van der Waals surface area (Å²) in [6.07, 6.45) is 0. The molecule has 7 heteroatoms. The van der Waals surface area contributed by atoms with Gasteiger partial charge in [-0.05, 0) is 42.2 Å². The fraction of sp³-hybridized carbons (Fsp3) is 0.522. The maximum absolute atomic E-state index is 12.8. The van der Waals surface area contributed by atoms with E-state index in [9.17, 15) is 4.79 Å². The van der Waals surface area contributed by atoms with E-state index >= 15 is 0 Å². The lowest BCUT2D eigenvalue weighted by molar-refractivity contribution is 0.132. The van der Waals surface area contributed by atoms with Crippen LogP contribution in [0.5, 0.6) is 5.75 Å². The minimum Gasteiger partial charge on any atom is -0.497 e. The normalized spacial score (nSPS) is 15.9. The highest BCUT2D eigenvalue weighted by atomic mass is 32.1. The number of likely N-dealkylation sites (N-methyl/N-ethyl adjacent to an activating group) is 1. The van der Waals surface area contributed by atoms with Crippen molar-refractivity contribution in [3.63, 3.8) is 0 Å². The maximum atomic E-state index is 12.8. The van der Waals surface area contributed by atoms with Gasteiger partial charge in [0.25, 0.3) is 0 Å². The summed E-state index contributed by atoms with van der Waals surface area (Å²) in [5.41, 5.74) is 1.17. The Morgan fingerprint density at radius 2 is 1.93 bits per heavy atom. The molecule has 2 amide bonds. The number of rotatable bonds is 9. The molecule has 1 fully saturated rings. The Morgan fingerprint density at radius 1 is 1.17 bits per heavy atom. The van der Waals surface area contributed by atoms with Gasteiger partial charge in [0.15, 0.2) is 0 Å². The monoisotopic (exact) mass is 430 g/mol. The number of carbonyl (C=O) groups is 1. The molecule has 3 rings (SSSR count). The quantitative estimate of drug-likeness (QED) is 0.660. The number of amides is 2. The predicted octanol–water partition coefficient (Wildman–Crippen LogP) is 3.67. The molecule has 6 nitrogen and oxygen atoms in total. The van der Waals surface area contributed by atoms with Crippen molar-refractivity contribution in [2.24, 2.45) is 0 Å². The van der Waals surface area contributed by atoms with Gasteiger partial charge >= 0.3 is 6.03 Å². The molecule has 0 aliphatic carbocycles. The van der Waals surface area contributed by atoms with Crippen LogP contribution < -0.4 is 10.1 Å². The van der Waals surface area contributed by atoms with E-state index in [1.807, 2.05) is 17.0 Å². The van der Waals surface area contributed by atoms with Crippen molar-refractivity contribution in [1.82, 2.24) is 20.0 Å². The Bertz CT molecular complexity index is 771. The summed E-state index contributed by atoms with van der Waals surface area (Å²) in [7, 11) is 1.69. The first-order valence-electron chi connectivity index (χ1n) is 10.8. The molecule has 1 saturated heterocycles. The molecule has 0 radical (unpaired) electrons. The number of ether oxygens (including phenoxy) is 1. The minimum absolute atomic E-state index is 0.0332. The van der Waals surface area contributed by atoms with Gasteiger partial charge in [-0.1, -0.05) is 32.0 Å². The number of carbonyl (C=O) groups excluding carboxylic acids is 1. The van der Waals surface area contributed by atoms with E-state index in [1.54, 1.807) is 18.4 Å². The second-order valence-electron chi connectivity index (χ2n) is 7.54. The Kier molecular flexibility index (Phi) is 8.54. The third kappa shape index (κ3) is 5.97. The summed E-state index contributed by atoms with van der Waals surface area (Å²) in [5.74, 6) is 0.845. The first-order chi connectivity index (χ1) is 14.6. The first-order valence-corrected chi connectivity index (χ1v) is 11.7. The Hall–Kier alpha value is -2.09. The van der Waals surface area contributed by atoms with E-state index in [4.69, 9.17) is 4.74 Å². The molecule has 30 heavy (non-hydrogen) atoms. The van der Waals surface area contributed by atoms with Gasteiger partial charge in [-0.2, -0.15) is 0 Å². The molecule has 1 aromatic heterocycles. The van der Waals surface area contributed by atoms with Crippen LogP contribution in [-0.2, 0) is 6.54 Å². The smallest absolute Gasteiger partial charge is 0.317 e. The largest absolute Gasteiger partial charge is 0.497 e. The highest BCUT2D eigenvalue weighted by molar-refractivity contribution is 7.09. The average molecular weight is 431 g/mol. The van der Waals surface area contributed by atoms with Gasteiger partial charge in [0.1, 0.15) is 5.75 Å². The number of benzene rings is 1. The summed E-state index contributed by atoms with van der Waals surface area (Å²) >= 11 is 1.79. The summed E-state index contributed by atoms with van der Waals surface area (Å²) in [4.78, 5) is 20.9. The van der Waals surface area contributed by atoms with Crippen LogP contribution in [0.3, 0.4) is 0 Å². The van der Waals surface area contributed by atoms with Gasteiger partial charge in [-0.3, -0.25) is 9.80 Å². The van der Waals surface area contributed by atoms with Crippen molar-refractivity contribution in [3.8, 4) is 5.75 Å². The van der Waals surface area contributed by atoms with Crippen LogP contribution in [0.2, 0.25) is 0 Å². The number of piperazine rings is 1. The van der Waals surface area contributed by atoms with Crippen LogP contribution >= 0.6 is 11.3 Å². The molecule has 1 aromatic carbocycles. The van der Waals surface area contributed by atoms with Gasteiger partial charge in [-0.25, -0.2) is 4.79 Å². The van der Waals surface area contributed by atoms with Crippen molar-refractivity contribution >= 4 is 17.4 Å². The summed E-state index contributed by atoms with van der Waals surface area (Å²) in [5, 5.41) is 5.30. The minimum atomic E-state index is 0.0332. The van der Waals surface area contributed by atoms with E-state index in [0.717, 1.165) is 51.6 Å². The van der Waals surface area contributed by atoms with E-state index < -0.39 is 0 Å². The standard InChI is InChI=1S/C23H34N4O2S/c1-4-26(5-2)22(19-8-6-9-20(16-19)29-3)17-24-23(28)27-13-11-25(12-14-27)18-21-10-7-15-30-21/h6-10,15-16,22H,4-5,11-14,17-18H2,1-3H3,(H,24,28)/t22-/m0/s1. The van der Waals surface area contributed by atoms with Crippen LogP contribution in [0.1, 0.15) is 30.3 Å². The van der Waals surface area contributed by atoms with Crippen molar-refractivity contribution in [3.05, 3.63) is 52.2 Å². The molecule has 0 saturated carbocycles. The first kappa shape index (κ1) is 22.6. The number of hydrogen-bond donors (Lipinski definition) is 1. The molecule has 0 unspecified atom stereocenters. The fourth-order valence-corrected chi connectivity index (χ4v) is 4.74. The second-order valence-corrected chi connectivity index (χ2v) is 8.57. The molecule has 1 aliphatic rings. The molecular formula is C23H34N4O2S. The lowest BCUT2D eigenvalue weighted by Crippen LogP contribution is -2.52. The lowest BCUT2D eigenvalue weighted by Gasteiger charge is -2.35. The highest BCUT2D eigenvalue weighted by Crippen LogP contribution is 2.24. The number of urea groups is 1. The average Bonchev–Trinajstić information content (AvgIpc) is 3.30.